The summed E-state index contributed by atoms with van der Waals surface area (Å²) >= 11 is 0. The predicted molar refractivity (Wildman–Crippen MR) is 11.4 cm³/mol. The molecule has 0 saturated carbocycles. The first-order valence-electron chi connectivity index (χ1n) is 1.26. The normalized spacial score (nSPS) is 6.50. The van der Waals surface area contributed by atoms with Crippen LogP contribution < -0.4 is 0 Å². The summed E-state index contributed by atoms with van der Waals surface area (Å²) in [5, 5.41) is 0. The molecule has 0 aliphatic rings. The van der Waals surface area contributed by atoms with E-state index in [1.165, 1.54) is 6.29 Å². The first-order chi connectivity index (χ1) is 1.91. The van der Waals surface area contributed by atoms with Crippen LogP contribution in [-0.2, 0) is 25.9 Å². The molecule has 0 rings (SSSR count). The molecule has 0 N–H and O–H groups in total. The summed E-state index contributed by atoms with van der Waals surface area (Å²) in [6.07, 6.45) is 1.35. The summed E-state index contributed by atoms with van der Waals surface area (Å²) in [5.74, 6) is 0. The third kappa shape index (κ3) is 33.9. The molecule has 0 aromatic carbocycles. The maximum Gasteiger partial charge on any atom is 0 e. The Morgan fingerprint density at radius 2 is 2.50 bits per heavy atom. The summed E-state index contributed by atoms with van der Waals surface area (Å²) in [5.41, 5.74) is 0. The van der Waals surface area contributed by atoms with Gasteiger partial charge in [-0.05, 0) is 1.37 Å². The van der Waals surface area contributed by atoms with Gasteiger partial charge < -0.3 is 4.79 Å². The largest absolute Gasteiger partial charge is 0.542 e. The van der Waals surface area contributed by atoms with E-state index in [9.17, 15) is 0 Å². The molecular formula is C2H3OW-. The molecule has 0 aliphatic heterocycles. The molecule has 0 radical (unpaired) electrons. The van der Waals surface area contributed by atoms with Crippen LogP contribution in [0.25, 0.3) is 0 Å². The van der Waals surface area contributed by atoms with Gasteiger partial charge in [-0.3, -0.25) is 6.29 Å². The summed E-state index contributed by atoms with van der Waals surface area (Å²) in [6.45, 7) is -0.236. The van der Waals surface area contributed by atoms with Gasteiger partial charge in [0, 0.05) is 21.1 Å². The standard InChI is InChI=1S/C2H3O.W/c1-2-3;/h1H3;/q-1;/i1D;. The van der Waals surface area contributed by atoms with Crippen molar-refractivity contribution >= 4 is 6.29 Å². The summed E-state index contributed by atoms with van der Waals surface area (Å²) in [6, 6.07) is 0. The van der Waals surface area contributed by atoms with Crippen molar-refractivity contribution in [2.45, 2.75) is 6.90 Å². The van der Waals surface area contributed by atoms with E-state index in [0.29, 0.717) is 0 Å². The van der Waals surface area contributed by atoms with E-state index < -0.39 is 0 Å². The van der Waals surface area contributed by atoms with Crippen molar-refractivity contribution in [2.24, 2.45) is 0 Å². The minimum Gasteiger partial charge on any atom is -0.542 e. The predicted octanol–water partition coefficient (Wildman–Crippen LogP) is 0.113. The smallest absolute Gasteiger partial charge is 0 e. The molecule has 0 aliphatic carbocycles. The van der Waals surface area contributed by atoms with Crippen molar-refractivity contribution in [3.63, 3.8) is 0 Å². The van der Waals surface area contributed by atoms with Gasteiger partial charge in [0.2, 0.25) is 0 Å². The number of rotatable bonds is 0. The summed E-state index contributed by atoms with van der Waals surface area (Å²) in [7, 11) is 0. The van der Waals surface area contributed by atoms with Crippen LogP contribution in [0.2, 0.25) is 0 Å². The number of hydrogen-bond donors (Lipinski definition) is 0. The molecule has 0 unspecified atom stereocenters. The monoisotopic (exact) mass is 228 g/mol. The van der Waals surface area contributed by atoms with Gasteiger partial charge in [-0.2, -0.15) is 6.90 Å². The van der Waals surface area contributed by atoms with E-state index in [0.717, 1.165) is 0 Å². The van der Waals surface area contributed by atoms with Crippen LogP contribution in [0.1, 0.15) is 8.27 Å². The molecular weight excluding hydrogens is 224 g/mol. The van der Waals surface area contributed by atoms with Crippen molar-refractivity contribution in [2.75, 3.05) is 0 Å². The molecule has 24 valence electrons. The Kier molecular flexibility index (Phi) is 11.0. The van der Waals surface area contributed by atoms with Gasteiger partial charge in [0.1, 0.15) is 0 Å². The average molecular weight is 228 g/mol. The van der Waals surface area contributed by atoms with Crippen LogP contribution >= 0.6 is 0 Å². The van der Waals surface area contributed by atoms with Crippen LogP contribution in [0.4, 0.5) is 0 Å². The van der Waals surface area contributed by atoms with E-state index >= 15 is 0 Å². The fourth-order valence-corrected chi connectivity index (χ4v) is 0. The Hall–Kier alpha value is 0.358. The second kappa shape index (κ2) is 10.1. The van der Waals surface area contributed by atoms with Crippen molar-refractivity contribution in [1.82, 2.24) is 0 Å². The first-order valence-corrected chi connectivity index (χ1v) is 0.558. The molecule has 2 heteroatoms. The molecule has 0 saturated heterocycles. The maximum atomic E-state index is 8.86. The summed E-state index contributed by atoms with van der Waals surface area (Å²) in [4.78, 5) is 8.86. The molecule has 0 fully saturated rings. The number of hydrogen-bond acceptors (Lipinski definition) is 1. The molecule has 1 nitrogen and oxygen atoms in total. The first kappa shape index (κ1) is 4.36. The fraction of sp³-hybridized carbons (Fsp3) is 0.500. The molecule has 0 bridgehead atoms. The molecule has 0 amide bonds. The zero-order chi connectivity index (χ0) is 3.41. The minimum absolute atomic E-state index is 0. The Morgan fingerprint density at radius 1 is 2.25 bits per heavy atom. The second-order valence-electron chi connectivity index (χ2n) is 0.144. The van der Waals surface area contributed by atoms with Crippen molar-refractivity contribution in [3.8, 4) is 0 Å². The summed E-state index contributed by atoms with van der Waals surface area (Å²) < 4.78 is 6.03. The molecule has 4 heavy (non-hydrogen) atoms. The van der Waals surface area contributed by atoms with Gasteiger partial charge >= 0.3 is 0 Å². The van der Waals surface area contributed by atoms with Gasteiger partial charge in [0.15, 0.2) is 0 Å². The third-order valence-corrected chi connectivity index (χ3v) is 0. The van der Waals surface area contributed by atoms with E-state index in [1.807, 2.05) is 0 Å². The van der Waals surface area contributed by atoms with E-state index in [1.54, 1.807) is 0 Å². The van der Waals surface area contributed by atoms with Crippen molar-refractivity contribution in [1.29, 1.82) is 0 Å². The van der Waals surface area contributed by atoms with Gasteiger partial charge in [0.25, 0.3) is 0 Å². The van der Waals surface area contributed by atoms with Crippen LogP contribution in [0.15, 0.2) is 0 Å². The van der Waals surface area contributed by atoms with Gasteiger partial charge in [-0.25, -0.2) is 0 Å². The molecule has 0 aromatic heterocycles. The van der Waals surface area contributed by atoms with E-state index in [4.69, 9.17) is 6.17 Å². The minimum atomic E-state index is -0.236. The van der Waals surface area contributed by atoms with Crippen LogP contribution in [0.5, 0.6) is 0 Å². The topological polar surface area (TPSA) is 17.1 Å². The quantitative estimate of drug-likeness (QED) is 0.538. The molecule has 0 atom stereocenters. The van der Waals surface area contributed by atoms with Gasteiger partial charge in [-0.15, -0.1) is 0 Å². The Morgan fingerprint density at radius 3 is 2.50 bits per heavy atom. The van der Waals surface area contributed by atoms with Crippen molar-refractivity contribution < 1.29 is 27.2 Å². The molecule has 0 heterocycles. The Labute approximate surface area is 41.1 Å². The average Bonchev–Trinajstić information content (AvgIpc) is 1.37. The van der Waals surface area contributed by atoms with E-state index in [2.05, 4.69) is 0 Å². The molecule has 0 spiro atoms. The SMILES string of the molecule is [2H]C[C-]=O.[W]. The fourth-order valence-electron chi connectivity index (χ4n) is 0. The van der Waals surface area contributed by atoms with Crippen LogP contribution in [0.3, 0.4) is 0 Å². The Balaban J connectivity index is 0. The Bertz CT molecular complexity index is 23.6. The van der Waals surface area contributed by atoms with Gasteiger partial charge in [0.05, 0.1) is 0 Å². The van der Waals surface area contributed by atoms with Crippen LogP contribution in [0, 0.1) is 0 Å². The maximum absolute atomic E-state index is 8.86. The third-order valence-electron chi connectivity index (χ3n) is 0. The number of carbonyl (C=O) groups excluding carboxylic acids is 1. The van der Waals surface area contributed by atoms with Crippen molar-refractivity contribution in [3.05, 3.63) is 0 Å². The second-order valence-corrected chi connectivity index (χ2v) is 0.144. The zero-order valence-corrected chi connectivity index (χ0v) is 4.96. The van der Waals surface area contributed by atoms with E-state index in [-0.39, 0.29) is 28.0 Å². The van der Waals surface area contributed by atoms with Gasteiger partial charge in [-0.1, -0.05) is 0 Å². The molecule has 0 aromatic rings. The zero-order valence-electron chi connectivity index (χ0n) is 3.02. The van der Waals surface area contributed by atoms with Crippen LogP contribution in [-0.4, -0.2) is 6.29 Å².